The van der Waals surface area contributed by atoms with Gasteiger partial charge in [0.1, 0.15) is 5.75 Å². The smallest absolute Gasteiger partial charge is 0.241 e. The zero-order valence-corrected chi connectivity index (χ0v) is 18.5. The first kappa shape index (κ1) is 21.6. The van der Waals surface area contributed by atoms with Crippen LogP contribution in [0.4, 0.5) is 5.69 Å². The van der Waals surface area contributed by atoms with Crippen molar-refractivity contribution in [3.05, 3.63) is 58.4 Å². The maximum absolute atomic E-state index is 12.7. The first-order valence-corrected chi connectivity index (χ1v) is 10.7. The SMILES string of the molecule is COc1ccc(Cl)cc1NC(=O)C1CCN(Cc2nc(-c3cccc(Cl)c3)no2)CC1. The van der Waals surface area contributed by atoms with Crippen molar-refractivity contribution in [1.29, 1.82) is 0 Å². The summed E-state index contributed by atoms with van der Waals surface area (Å²) in [6, 6.07) is 12.5. The molecule has 0 atom stereocenters. The summed E-state index contributed by atoms with van der Waals surface area (Å²) in [6.45, 7) is 2.07. The number of nitrogens with one attached hydrogen (secondary N) is 1. The van der Waals surface area contributed by atoms with Gasteiger partial charge in [0.15, 0.2) is 0 Å². The van der Waals surface area contributed by atoms with Crippen LogP contribution in [0.5, 0.6) is 5.75 Å². The molecule has 0 aliphatic carbocycles. The quantitative estimate of drug-likeness (QED) is 0.563. The van der Waals surface area contributed by atoms with Gasteiger partial charge in [-0.15, -0.1) is 0 Å². The van der Waals surface area contributed by atoms with Crippen LogP contribution in [0, 0.1) is 5.92 Å². The number of carbonyl (C=O) groups excluding carboxylic acids is 1. The number of piperidine rings is 1. The van der Waals surface area contributed by atoms with Crippen LogP contribution >= 0.6 is 23.2 Å². The summed E-state index contributed by atoms with van der Waals surface area (Å²) in [5.74, 6) is 1.54. The van der Waals surface area contributed by atoms with Crippen LogP contribution in [-0.4, -0.2) is 41.1 Å². The van der Waals surface area contributed by atoms with Crippen molar-refractivity contribution in [2.24, 2.45) is 5.92 Å². The predicted molar refractivity (Wildman–Crippen MR) is 119 cm³/mol. The molecule has 1 aliphatic rings. The molecular formula is C22H22Cl2N4O3. The van der Waals surface area contributed by atoms with Gasteiger partial charge >= 0.3 is 0 Å². The number of halogens is 2. The van der Waals surface area contributed by atoms with E-state index in [0.29, 0.717) is 39.7 Å². The van der Waals surface area contributed by atoms with Crippen molar-refractivity contribution >= 4 is 34.8 Å². The number of benzene rings is 2. The largest absolute Gasteiger partial charge is 0.495 e. The van der Waals surface area contributed by atoms with Crippen molar-refractivity contribution in [2.75, 3.05) is 25.5 Å². The second-order valence-electron chi connectivity index (χ2n) is 7.41. The Morgan fingerprint density at radius 1 is 1.19 bits per heavy atom. The minimum atomic E-state index is -0.0790. The van der Waals surface area contributed by atoms with Gasteiger partial charge in [-0.3, -0.25) is 9.69 Å². The van der Waals surface area contributed by atoms with E-state index in [0.717, 1.165) is 31.5 Å². The molecule has 0 radical (unpaired) electrons. The molecule has 0 unspecified atom stereocenters. The van der Waals surface area contributed by atoms with Gasteiger partial charge in [-0.1, -0.05) is 40.5 Å². The Morgan fingerprint density at radius 3 is 2.71 bits per heavy atom. The number of methoxy groups -OCH3 is 1. The normalized spacial score (nSPS) is 15.1. The van der Waals surface area contributed by atoms with Crippen molar-refractivity contribution in [3.63, 3.8) is 0 Å². The third-order valence-corrected chi connectivity index (χ3v) is 5.76. The second kappa shape index (κ2) is 9.68. The van der Waals surface area contributed by atoms with Crippen LogP contribution in [0.2, 0.25) is 10.0 Å². The van der Waals surface area contributed by atoms with Gasteiger partial charge in [-0.25, -0.2) is 0 Å². The number of likely N-dealkylation sites (tertiary alicyclic amines) is 1. The molecule has 162 valence electrons. The Kier molecular flexibility index (Phi) is 6.75. The van der Waals surface area contributed by atoms with E-state index in [4.69, 9.17) is 32.5 Å². The van der Waals surface area contributed by atoms with E-state index in [9.17, 15) is 4.79 Å². The molecule has 3 aromatic rings. The summed E-state index contributed by atoms with van der Waals surface area (Å²) in [4.78, 5) is 19.4. The lowest BCUT2D eigenvalue weighted by atomic mass is 9.96. The average molecular weight is 461 g/mol. The molecule has 0 spiro atoms. The van der Waals surface area contributed by atoms with Crippen molar-refractivity contribution in [3.8, 4) is 17.1 Å². The molecule has 4 rings (SSSR count). The summed E-state index contributed by atoms with van der Waals surface area (Å²) in [7, 11) is 1.56. The van der Waals surface area contributed by atoms with Gasteiger partial charge < -0.3 is 14.6 Å². The van der Waals surface area contributed by atoms with Crippen molar-refractivity contribution < 1.29 is 14.1 Å². The standard InChI is InChI=1S/C22H22Cl2N4O3/c1-30-19-6-5-17(24)12-18(19)25-22(29)14-7-9-28(10-8-14)13-20-26-21(27-31-20)15-3-2-4-16(23)11-15/h2-6,11-12,14H,7-10,13H2,1H3,(H,25,29). The fourth-order valence-electron chi connectivity index (χ4n) is 3.62. The molecule has 1 fully saturated rings. The Balaban J connectivity index is 1.31. The molecule has 1 aliphatic heterocycles. The minimum absolute atomic E-state index is 0.0266. The number of amides is 1. The van der Waals surface area contributed by atoms with Crippen LogP contribution in [0.15, 0.2) is 47.0 Å². The topological polar surface area (TPSA) is 80.5 Å². The molecule has 0 bridgehead atoms. The predicted octanol–water partition coefficient (Wildman–Crippen LogP) is 4.90. The third-order valence-electron chi connectivity index (χ3n) is 5.29. The zero-order valence-electron chi connectivity index (χ0n) is 17.0. The van der Waals surface area contributed by atoms with Gasteiger partial charge in [-0.05, 0) is 56.3 Å². The van der Waals surface area contributed by atoms with Gasteiger partial charge in [-0.2, -0.15) is 4.98 Å². The lowest BCUT2D eigenvalue weighted by molar-refractivity contribution is -0.121. The van der Waals surface area contributed by atoms with Crippen LogP contribution in [0.25, 0.3) is 11.4 Å². The first-order valence-electron chi connectivity index (χ1n) is 9.97. The van der Waals surface area contributed by atoms with E-state index in [1.54, 1.807) is 37.4 Å². The van der Waals surface area contributed by atoms with E-state index in [1.165, 1.54) is 0 Å². The summed E-state index contributed by atoms with van der Waals surface area (Å²) >= 11 is 12.1. The molecule has 7 nitrogen and oxygen atoms in total. The molecule has 1 aromatic heterocycles. The average Bonchev–Trinajstić information content (AvgIpc) is 3.23. The molecule has 2 aromatic carbocycles. The maximum Gasteiger partial charge on any atom is 0.241 e. The zero-order chi connectivity index (χ0) is 21.8. The van der Waals surface area contributed by atoms with Gasteiger partial charge in [0, 0.05) is 21.5 Å². The Hall–Kier alpha value is -2.61. The van der Waals surface area contributed by atoms with Crippen LogP contribution in [-0.2, 0) is 11.3 Å². The number of ether oxygens (including phenoxy) is 1. The number of rotatable bonds is 6. The highest BCUT2D eigenvalue weighted by molar-refractivity contribution is 6.31. The lowest BCUT2D eigenvalue weighted by Gasteiger charge is -2.30. The Morgan fingerprint density at radius 2 is 1.97 bits per heavy atom. The number of hydrogen-bond acceptors (Lipinski definition) is 6. The van der Waals surface area contributed by atoms with E-state index >= 15 is 0 Å². The fraction of sp³-hybridized carbons (Fsp3) is 0.318. The van der Waals surface area contributed by atoms with E-state index < -0.39 is 0 Å². The van der Waals surface area contributed by atoms with E-state index in [1.807, 2.05) is 12.1 Å². The van der Waals surface area contributed by atoms with Crippen molar-refractivity contribution in [2.45, 2.75) is 19.4 Å². The highest BCUT2D eigenvalue weighted by Crippen LogP contribution is 2.29. The third kappa shape index (κ3) is 5.36. The number of aromatic nitrogens is 2. The van der Waals surface area contributed by atoms with E-state index in [2.05, 4.69) is 20.4 Å². The summed E-state index contributed by atoms with van der Waals surface area (Å²) in [6.07, 6.45) is 1.48. The van der Waals surface area contributed by atoms with E-state index in [-0.39, 0.29) is 11.8 Å². The molecule has 1 amide bonds. The second-order valence-corrected chi connectivity index (χ2v) is 8.28. The minimum Gasteiger partial charge on any atom is -0.495 e. The summed E-state index contributed by atoms with van der Waals surface area (Å²) < 4.78 is 10.7. The highest BCUT2D eigenvalue weighted by atomic mass is 35.5. The van der Waals surface area contributed by atoms with Gasteiger partial charge in [0.05, 0.1) is 19.3 Å². The molecule has 1 N–H and O–H groups in total. The van der Waals surface area contributed by atoms with Gasteiger partial charge in [0.2, 0.25) is 17.6 Å². The first-order chi connectivity index (χ1) is 15.0. The molecule has 0 saturated carbocycles. The lowest BCUT2D eigenvalue weighted by Crippen LogP contribution is -2.37. The fourth-order valence-corrected chi connectivity index (χ4v) is 3.98. The number of carbonyl (C=O) groups is 1. The molecule has 2 heterocycles. The number of anilines is 1. The highest BCUT2D eigenvalue weighted by Gasteiger charge is 2.26. The van der Waals surface area contributed by atoms with Crippen molar-refractivity contribution in [1.82, 2.24) is 15.0 Å². The molecule has 31 heavy (non-hydrogen) atoms. The molecule has 9 heteroatoms. The molecule has 1 saturated heterocycles. The van der Waals surface area contributed by atoms with Crippen LogP contribution in [0.1, 0.15) is 18.7 Å². The Labute approximate surface area is 190 Å². The van der Waals surface area contributed by atoms with Gasteiger partial charge in [0.25, 0.3) is 0 Å². The maximum atomic E-state index is 12.7. The summed E-state index contributed by atoms with van der Waals surface area (Å²) in [5, 5.41) is 8.16. The van der Waals surface area contributed by atoms with Crippen LogP contribution in [0.3, 0.4) is 0 Å². The molecular weight excluding hydrogens is 439 g/mol. The number of nitrogens with zero attached hydrogens (tertiary/aromatic N) is 3. The van der Waals surface area contributed by atoms with Crippen LogP contribution < -0.4 is 10.1 Å². The number of hydrogen-bond donors (Lipinski definition) is 1. The monoisotopic (exact) mass is 460 g/mol. The Bertz CT molecular complexity index is 1060. The summed E-state index contributed by atoms with van der Waals surface area (Å²) in [5.41, 5.74) is 1.40.